The van der Waals surface area contributed by atoms with Gasteiger partial charge in [-0.2, -0.15) is 0 Å². The van der Waals surface area contributed by atoms with Crippen LogP contribution in [-0.2, 0) is 0 Å². The van der Waals surface area contributed by atoms with Crippen LogP contribution in [0.25, 0.3) is 0 Å². The highest BCUT2D eigenvalue weighted by atomic mass is 16.5. The summed E-state index contributed by atoms with van der Waals surface area (Å²) in [6.45, 7) is 0. The normalized spacial score (nSPS) is 9.67. The second kappa shape index (κ2) is 4.67. The lowest BCUT2D eigenvalue weighted by Crippen LogP contribution is -2.15. The minimum absolute atomic E-state index is 0.645. The highest BCUT2D eigenvalue weighted by Gasteiger charge is 2.03. The molecule has 0 unspecified atom stereocenters. The molecule has 0 saturated heterocycles. The number of ether oxygens (including phenoxy) is 1. The maximum absolute atomic E-state index is 8.99. The van der Waals surface area contributed by atoms with Crippen LogP contribution in [0.5, 0.6) is 11.5 Å². The van der Waals surface area contributed by atoms with Crippen LogP contribution < -0.4 is 10.2 Å². The zero-order valence-corrected chi connectivity index (χ0v) is 8.13. The second-order valence-electron chi connectivity index (χ2n) is 3.08. The molecule has 0 aromatic heterocycles. The molecule has 1 N–H and O–H groups in total. The van der Waals surface area contributed by atoms with Gasteiger partial charge in [0.25, 0.3) is 0 Å². The smallest absolute Gasteiger partial charge is 0.330 e. The second-order valence-corrected chi connectivity index (χ2v) is 3.08. The molecule has 2 aromatic carbocycles. The Morgan fingerprint density at radius 2 is 1.53 bits per heavy atom. The Kier molecular flexibility index (Phi) is 3.05. The summed E-state index contributed by atoms with van der Waals surface area (Å²) in [5.41, 5.74) is 0.668. The van der Waals surface area contributed by atoms with Crippen molar-refractivity contribution in [1.82, 2.24) is 0 Å². The van der Waals surface area contributed by atoms with Crippen LogP contribution in [0.3, 0.4) is 0 Å². The van der Waals surface area contributed by atoms with E-state index >= 15 is 0 Å². The van der Waals surface area contributed by atoms with E-state index in [9.17, 15) is 0 Å². The van der Waals surface area contributed by atoms with Crippen molar-refractivity contribution in [2.45, 2.75) is 0 Å². The predicted octanol–water partition coefficient (Wildman–Crippen LogP) is 1.72. The molecule has 0 aliphatic rings. The largest absolute Gasteiger partial charge is 0.458 e. The van der Waals surface area contributed by atoms with Gasteiger partial charge in [-0.05, 0) is 23.7 Å². The summed E-state index contributed by atoms with van der Waals surface area (Å²) in [6.07, 6.45) is 0. The summed E-state index contributed by atoms with van der Waals surface area (Å²) < 4.78 is 5.61. The standard InChI is InChI=1S/C12H10BO2/c14-13-11-8-4-5-9-12(11)15-10-6-2-1-3-7-10/h1-9,14H. The lowest BCUT2D eigenvalue weighted by Gasteiger charge is -2.08. The predicted molar refractivity (Wildman–Crippen MR) is 60.6 cm³/mol. The number of benzene rings is 2. The molecule has 0 spiro atoms. The molecule has 0 atom stereocenters. The summed E-state index contributed by atoms with van der Waals surface area (Å²) in [5.74, 6) is 1.40. The Hall–Kier alpha value is -1.74. The molecule has 73 valence electrons. The van der Waals surface area contributed by atoms with Crippen molar-refractivity contribution in [2.75, 3.05) is 0 Å². The Morgan fingerprint density at radius 1 is 0.867 bits per heavy atom. The van der Waals surface area contributed by atoms with E-state index in [1.807, 2.05) is 48.5 Å². The van der Waals surface area contributed by atoms with E-state index in [2.05, 4.69) is 0 Å². The number of hydrogen-bond acceptors (Lipinski definition) is 2. The van der Waals surface area contributed by atoms with E-state index in [0.29, 0.717) is 11.2 Å². The summed E-state index contributed by atoms with van der Waals surface area (Å²) in [4.78, 5) is 0. The summed E-state index contributed by atoms with van der Waals surface area (Å²) >= 11 is 0. The molecule has 0 heterocycles. The van der Waals surface area contributed by atoms with E-state index in [0.717, 1.165) is 13.2 Å². The fraction of sp³-hybridized carbons (Fsp3) is 0. The summed E-state index contributed by atoms with van der Waals surface area (Å²) in [6, 6.07) is 16.8. The zero-order chi connectivity index (χ0) is 10.5. The maximum Gasteiger partial charge on any atom is 0.330 e. The van der Waals surface area contributed by atoms with Gasteiger partial charge in [0.05, 0.1) is 0 Å². The van der Waals surface area contributed by atoms with Gasteiger partial charge in [-0.25, -0.2) is 0 Å². The lowest BCUT2D eigenvalue weighted by atomic mass is 9.88. The van der Waals surface area contributed by atoms with Crippen molar-refractivity contribution in [3.8, 4) is 11.5 Å². The highest BCUT2D eigenvalue weighted by Crippen LogP contribution is 2.18. The molecule has 0 saturated carbocycles. The average Bonchev–Trinajstić information content (AvgIpc) is 2.31. The maximum atomic E-state index is 8.99. The van der Waals surface area contributed by atoms with E-state index in [-0.39, 0.29) is 0 Å². The Labute approximate surface area is 89.4 Å². The third kappa shape index (κ3) is 2.39. The van der Waals surface area contributed by atoms with Gasteiger partial charge in [0.2, 0.25) is 0 Å². The van der Waals surface area contributed by atoms with Crippen LogP contribution in [0.1, 0.15) is 0 Å². The molecule has 1 radical (unpaired) electrons. The van der Waals surface area contributed by atoms with Gasteiger partial charge in [-0.15, -0.1) is 0 Å². The average molecular weight is 197 g/mol. The number of rotatable bonds is 3. The molecule has 0 amide bonds. The van der Waals surface area contributed by atoms with Gasteiger partial charge in [0.15, 0.2) is 0 Å². The van der Waals surface area contributed by atoms with Crippen LogP contribution in [0, 0.1) is 0 Å². The Morgan fingerprint density at radius 3 is 2.27 bits per heavy atom. The van der Waals surface area contributed by atoms with Crippen LogP contribution in [0.15, 0.2) is 54.6 Å². The van der Waals surface area contributed by atoms with Crippen LogP contribution in [0.4, 0.5) is 0 Å². The molecule has 15 heavy (non-hydrogen) atoms. The van der Waals surface area contributed by atoms with Crippen LogP contribution >= 0.6 is 0 Å². The van der Waals surface area contributed by atoms with Gasteiger partial charge in [0.1, 0.15) is 11.5 Å². The van der Waals surface area contributed by atoms with Crippen LogP contribution in [-0.4, -0.2) is 12.5 Å². The number of para-hydroxylation sites is 2. The SMILES string of the molecule is O[B]c1ccccc1Oc1ccccc1. The van der Waals surface area contributed by atoms with Gasteiger partial charge >= 0.3 is 7.48 Å². The zero-order valence-electron chi connectivity index (χ0n) is 8.13. The first kappa shape index (κ1) is 9.81. The molecule has 2 nitrogen and oxygen atoms in total. The van der Waals surface area contributed by atoms with Crippen LogP contribution in [0.2, 0.25) is 0 Å². The third-order valence-electron chi connectivity index (χ3n) is 2.03. The Bertz CT molecular complexity index is 429. The molecule has 0 fully saturated rings. The van der Waals surface area contributed by atoms with Crippen molar-refractivity contribution in [1.29, 1.82) is 0 Å². The highest BCUT2D eigenvalue weighted by molar-refractivity contribution is 6.46. The first-order chi connectivity index (χ1) is 7.40. The summed E-state index contributed by atoms with van der Waals surface area (Å²) in [7, 11) is 1.04. The first-order valence-electron chi connectivity index (χ1n) is 4.69. The van der Waals surface area contributed by atoms with Gasteiger partial charge < -0.3 is 9.76 Å². The molecule has 3 heteroatoms. The lowest BCUT2D eigenvalue weighted by molar-refractivity contribution is 0.485. The molecular weight excluding hydrogens is 187 g/mol. The van der Waals surface area contributed by atoms with Gasteiger partial charge in [-0.3, -0.25) is 0 Å². The fourth-order valence-corrected chi connectivity index (χ4v) is 1.30. The fourth-order valence-electron chi connectivity index (χ4n) is 1.30. The monoisotopic (exact) mass is 197 g/mol. The minimum Gasteiger partial charge on any atom is -0.458 e. The Balaban J connectivity index is 2.24. The molecule has 0 aliphatic heterocycles. The molecule has 0 bridgehead atoms. The van der Waals surface area contributed by atoms with Gasteiger partial charge in [0, 0.05) is 0 Å². The van der Waals surface area contributed by atoms with E-state index in [1.165, 1.54) is 0 Å². The topological polar surface area (TPSA) is 29.5 Å². The quantitative estimate of drug-likeness (QED) is 0.759. The summed E-state index contributed by atoms with van der Waals surface area (Å²) in [5, 5.41) is 8.99. The van der Waals surface area contributed by atoms with Crippen molar-refractivity contribution in [3.63, 3.8) is 0 Å². The van der Waals surface area contributed by atoms with E-state index < -0.39 is 0 Å². The molecule has 0 aliphatic carbocycles. The van der Waals surface area contributed by atoms with Crippen molar-refractivity contribution in [3.05, 3.63) is 54.6 Å². The third-order valence-corrected chi connectivity index (χ3v) is 2.03. The van der Waals surface area contributed by atoms with Crippen molar-refractivity contribution < 1.29 is 9.76 Å². The first-order valence-corrected chi connectivity index (χ1v) is 4.69. The van der Waals surface area contributed by atoms with E-state index in [1.54, 1.807) is 6.07 Å². The minimum atomic E-state index is 0.645. The van der Waals surface area contributed by atoms with Gasteiger partial charge in [-0.1, -0.05) is 36.4 Å². The van der Waals surface area contributed by atoms with E-state index in [4.69, 9.17) is 9.76 Å². The van der Waals surface area contributed by atoms with Crippen molar-refractivity contribution in [2.24, 2.45) is 0 Å². The number of hydrogen-bond donors (Lipinski definition) is 1. The molecular formula is C12H10BO2. The van der Waals surface area contributed by atoms with Crippen molar-refractivity contribution >= 4 is 12.9 Å². The molecule has 2 aromatic rings. The molecule has 2 rings (SSSR count).